The molecule has 0 spiro atoms. The first-order chi connectivity index (χ1) is 16.7. The van der Waals surface area contributed by atoms with E-state index < -0.39 is 0 Å². The first kappa shape index (κ1) is 24.5. The first-order valence-electron chi connectivity index (χ1n) is 11.7. The summed E-state index contributed by atoms with van der Waals surface area (Å²) in [6.07, 6.45) is 1.43. The molecule has 1 N–H and O–H groups in total. The summed E-state index contributed by atoms with van der Waals surface area (Å²) in [5.74, 6) is -0.546. The van der Waals surface area contributed by atoms with Crippen LogP contribution in [0.15, 0.2) is 42.7 Å². The Morgan fingerprint density at radius 3 is 2.66 bits per heavy atom. The van der Waals surface area contributed by atoms with Crippen LogP contribution in [0.5, 0.6) is 0 Å². The molecule has 3 aromatic rings. The quantitative estimate of drug-likeness (QED) is 0.584. The van der Waals surface area contributed by atoms with Crippen LogP contribution in [0.25, 0.3) is 16.8 Å². The topological polar surface area (TPSA) is 96.2 Å². The zero-order valence-corrected chi connectivity index (χ0v) is 20.4. The van der Waals surface area contributed by atoms with E-state index in [0.29, 0.717) is 35.5 Å². The Kier molecular flexibility index (Phi) is 7.20. The van der Waals surface area contributed by atoms with Crippen molar-refractivity contribution in [2.75, 3.05) is 26.2 Å². The van der Waals surface area contributed by atoms with E-state index >= 15 is 0 Å². The number of benzene rings is 2. The minimum absolute atomic E-state index is 0.0850. The van der Waals surface area contributed by atoms with Crippen molar-refractivity contribution >= 4 is 11.8 Å². The molecule has 1 fully saturated rings. The van der Waals surface area contributed by atoms with Crippen molar-refractivity contribution in [3.8, 4) is 16.8 Å². The number of aromatic nitrogens is 4. The molecule has 0 aliphatic carbocycles. The second kappa shape index (κ2) is 10.3. The zero-order chi connectivity index (χ0) is 25.1. The summed E-state index contributed by atoms with van der Waals surface area (Å²) in [7, 11) is 0. The second-order valence-corrected chi connectivity index (χ2v) is 9.20. The predicted octanol–water partition coefficient (Wildman–Crippen LogP) is 2.45. The van der Waals surface area contributed by atoms with Gasteiger partial charge < -0.3 is 10.2 Å². The summed E-state index contributed by atoms with van der Waals surface area (Å²) in [4.78, 5) is 29.1. The van der Waals surface area contributed by atoms with Gasteiger partial charge in [-0.05, 0) is 66.6 Å². The standard InChI is InChI=1S/C25H30FN7O2/c1-16-5-6-23(24(26)9-16)20-10-21(12-22(11-20)33-15-27-29-30-33)25(35)28-17(2)13-31-7-8-32(19(4)34)18(3)14-31/h5-6,9-12,15,17-18H,7-8,13-14H2,1-4H3,(H,28,35)/t17-,18+/m1/s1. The number of nitrogens with zero attached hydrogens (tertiary/aromatic N) is 6. The number of aryl methyl sites for hydroxylation is 1. The third-order valence-corrected chi connectivity index (χ3v) is 6.25. The Balaban J connectivity index is 1.53. The Morgan fingerprint density at radius 1 is 1.20 bits per heavy atom. The lowest BCUT2D eigenvalue weighted by molar-refractivity contribution is -0.133. The molecule has 2 heterocycles. The SMILES string of the molecule is CC(=O)N1CCN(C[C@@H](C)NC(=O)c2cc(-c3ccc(C)cc3F)cc(-n3cnnn3)c2)C[C@@H]1C. The molecule has 2 aromatic carbocycles. The van der Waals surface area contributed by atoms with Gasteiger partial charge in [0.05, 0.1) is 5.69 Å². The highest BCUT2D eigenvalue weighted by Gasteiger charge is 2.26. The Bertz CT molecular complexity index is 1210. The van der Waals surface area contributed by atoms with E-state index in [1.807, 2.05) is 31.7 Å². The highest BCUT2D eigenvalue weighted by atomic mass is 19.1. The molecule has 184 valence electrons. The maximum absolute atomic E-state index is 14.7. The van der Waals surface area contributed by atoms with Crippen LogP contribution in [-0.4, -0.2) is 80.1 Å². The summed E-state index contributed by atoms with van der Waals surface area (Å²) in [6, 6.07) is 10.1. The van der Waals surface area contributed by atoms with Crippen LogP contribution in [0.1, 0.15) is 36.7 Å². The molecule has 1 aromatic heterocycles. The number of amides is 2. The van der Waals surface area contributed by atoms with Gasteiger partial charge >= 0.3 is 0 Å². The van der Waals surface area contributed by atoms with Crippen molar-refractivity contribution in [1.29, 1.82) is 0 Å². The molecular formula is C25H30FN7O2. The molecule has 1 aliphatic rings. The molecule has 2 amide bonds. The van der Waals surface area contributed by atoms with Crippen LogP contribution in [0, 0.1) is 12.7 Å². The Hall–Kier alpha value is -3.66. The summed E-state index contributed by atoms with van der Waals surface area (Å²) in [5.41, 5.74) is 2.70. The molecule has 1 saturated heterocycles. The number of nitrogens with one attached hydrogen (secondary N) is 1. The van der Waals surface area contributed by atoms with Crippen LogP contribution < -0.4 is 5.32 Å². The number of tetrazole rings is 1. The van der Waals surface area contributed by atoms with Crippen molar-refractivity contribution in [2.45, 2.75) is 39.8 Å². The van der Waals surface area contributed by atoms with Gasteiger partial charge in [-0.15, -0.1) is 5.10 Å². The van der Waals surface area contributed by atoms with Gasteiger partial charge in [0.1, 0.15) is 12.1 Å². The van der Waals surface area contributed by atoms with E-state index in [-0.39, 0.29) is 29.7 Å². The van der Waals surface area contributed by atoms with Crippen molar-refractivity contribution in [1.82, 2.24) is 35.3 Å². The van der Waals surface area contributed by atoms with Crippen LogP contribution >= 0.6 is 0 Å². The third kappa shape index (κ3) is 5.71. The van der Waals surface area contributed by atoms with Crippen LogP contribution in [0.4, 0.5) is 4.39 Å². The number of hydrogen-bond acceptors (Lipinski definition) is 6. The van der Waals surface area contributed by atoms with Gasteiger partial charge in [-0.25, -0.2) is 9.07 Å². The van der Waals surface area contributed by atoms with E-state index in [4.69, 9.17) is 0 Å². The maximum Gasteiger partial charge on any atom is 0.251 e. The number of hydrogen-bond donors (Lipinski definition) is 1. The fourth-order valence-electron chi connectivity index (χ4n) is 4.57. The van der Waals surface area contributed by atoms with Gasteiger partial charge in [0.2, 0.25) is 5.91 Å². The van der Waals surface area contributed by atoms with Crippen molar-refractivity contribution in [2.24, 2.45) is 0 Å². The van der Waals surface area contributed by atoms with E-state index in [1.54, 1.807) is 31.2 Å². The second-order valence-electron chi connectivity index (χ2n) is 9.20. The number of carbonyl (C=O) groups is 2. The average molecular weight is 480 g/mol. The van der Waals surface area contributed by atoms with Gasteiger partial charge in [0, 0.05) is 56.3 Å². The van der Waals surface area contributed by atoms with E-state index in [0.717, 1.165) is 18.7 Å². The van der Waals surface area contributed by atoms with Crippen LogP contribution in [-0.2, 0) is 4.79 Å². The fourth-order valence-corrected chi connectivity index (χ4v) is 4.57. The van der Waals surface area contributed by atoms with Gasteiger partial charge in [-0.2, -0.15) is 0 Å². The number of rotatable bonds is 6. The molecule has 4 rings (SSSR count). The molecule has 9 nitrogen and oxygen atoms in total. The van der Waals surface area contributed by atoms with E-state index in [1.165, 1.54) is 17.1 Å². The van der Waals surface area contributed by atoms with Gasteiger partial charge in [-0.1, -0.05) is 12.1 Å². The zero-order valence-electron chi connectivity index (χ0n) is 20.4. The molecule has 1 aliphatic heterocycles. The summed E-state index contributed by atoms with van der Waals surface area (Å²) in [6.45, 7) is 10.3. The van der Waals surface area contributed by atoms with Gasteiger partial charge in [0.15, 0.2) is 0 Å². The summed E-state index contributed by atoms with van der Waals surface area (Å²) < 4.78 is 16.2. The van der Waals surface area contributed by atoms with Gasteiger partial charge in [-0.3, -0.25) is 14.5 Å². The van der Waals surface area contributed by atoms with Crippen molar-refractivity contribution < 1.29 is 14.0 Å². The first-order valence-corrected chi connectivity index (χ1v) is 11.7. The largest absolute Gasteiger partial charge is 0.348 e. The Labute approximate surface area is 203 Å². The molecule has 10 heteroatoms. The van der Waals surface area contributed by atoms with E-state index in [2.05, 4.69) is 25.7 Å². The minimum Gasteiger partial charge on any atom is -0.348 e. The highest BCUT2D eigenvalue weighted by Crippen LogP contribution is 2.27. The average Bonchev–Trinajstić information content (AvgIpc) is 3.33. The predicted molar refractivity (Wildman–Crippen MR) is 130 cm³/mol. The van der Waals surface area contributed by atoms with Crippen molar-refractivity contribution in [3.63, 3.8) is 0 Å². The smallest absolute Gasteiger partial charge is 0.251 e. The third-order valence-electron chi connectivity index (χ3n) is 6.25. The molecule has 2 atom stereocenters. The van der Waals surface area contributed by atoms with Crippen molar-refractivity contribution in [3.05, 3.63) is 59.7 Å². The highest BCUT2D eigenvalue weighted by molar-refractivity contribution is 5.96. The fraction of sp³-hybridized carbons (Fsp3) is 0.400. The lowest BCUT2D eigenvalue weighted by atomic mass is 10.00. The number of halogens is 1. The van der Waals surface area contributed by atoms with Crippen LogP contribution in [0.3, 0.4) is 0 Å². The normalized spacial score (nSPS) is 17.3. The maximum atomic E-state index is 14.7. The lowest BCUT2D eigenvalue weighted by Crippen LogP contribution is -2.55. The summed E-state index contributed by atoms with van der Waals surface area (Å²) >= 11 is 0. The molecule has 0 radical (unpaired) electrons. The van der Waals surface area contributed by atoms with Gasteiger partial charge in [0.25, 0.3) is 5.91 Å². The van der Waals surface area contributed by atoms with Crippen LogP contribution in [0.2, 0.25) is 0 Å². The molecule has 0 bridgehead atoms. The Morgan fingerprint density at radius 2 is 2.00 bits per heavy atom. The monoisotopic (exact) mass is 479 g/mol. The number of piperazine rings is 1. The molecular weight excluding hydrogens is 449 g/mol. The molecule has 0 saturated carbocycles. The number of carbonyl (C=O) groups excluding carboxylic acids is 2. The lowest BCUT2D eigenvalue weighted by Gasteiger charge is -2.40. The molecule has 35 heavy (non-hydrogen) atoms. The minimum atomic E-state index is -0.364. The molecule has 0 unspecified atom stereocenters. The van der Waals surface area contributed by atoms with E-state index in [9.17, 15) is 14.0 Å². The summed E-state index contributed by atoms with van der Waals surface area (Å²) in [5, 5.41) is 14.3.